The summed E-state index contributed by atoms with van der Waals surface area (Å²) in [6.45, 7) is 1.11. The molecule has 1 heterocycles. The zero-order valence-electron chi connectivity index (χ0n) is 12.4. The van der Waals surface area contributed by atoms with E-state index < -0.39 is 0 Å². The molecule has 0 radical (unpaired) electrons. The molecule has 116 valence electrons. The first-order valence-electron chi connectivity index (χ1n) is 7.33. The van der Waals surface area contributed by atoms with Crippen LogP contribution in [0.1, 0.15) is 12.1 Å². The Labute approximate surface area is 138 Å². The highest BCUT2D eigenvalue weighted by Gasteiger charge is 2.16. The molecule has 23 heavy (non-hydrogen) atoms. The first kappa shape index (κ1) is 15.5. The van der Waals surface area contributed by atoms with E-state index in [1.54, 1.807) is 18.2 Å². The van der Waals surface area contributed by atoms with Crippen molar-refractivity contribution in [2.45, 2.75) is 13.0 Å². The number of halogens is 2. The lowest BCUT2D eigenvalue weighted by atomic mass is 10.0. The normalized spacial score (nSPS) is 10.8. The van der Waals surface area contributed by atoms with E-state index in [0.717, 1.165) is 22.2 Å². The van der Waals surface area contributed by atoms with Crippen molar-refractivity contribution in [2.75, 3.05) is 6.54 Å². The van der Waals surface area contributed by atoms with Gasteiger partial charge in [-0.15, -0.1) is 0 Å². The molecule has 2 aromatic carbocycles. The van der Waals surface area contributed by atoms with Crippen LogP contribution in [0.2, 0.25) is 5.02 Å². The van der Waals surface area contributed by atoms with Crippen LogP contribution in [0.25, 0.3) is 22.0 Å². The maximum absolute atomic E-state index is 14.3. The summed E-state index contributed by atoms with van der Waals surface area (Å²) < 4.78 is 14.3. The van der Waals surface area contributed by atoms with Gasteiger partial charge in [0.25, 0.3) is 0 Å². The number of rotatable bonds is 5. The number of benzene rings is 2. The molecule has 0 aliphatic rings. The predicted molar refractivity (Wildman–Crippen MR) is 90.6 cm³/mol. The Morgan fingerprint density at radius 2 is 2.04 bits per heavy atom. The van der Waals surface area contributed by atoms with Crippen molar-refractivity contribution in [1.82, 2.24) is 10.3 Å². The van der Waals surface area contributed by atoms with E-state index in [-0.39, 0.29) is 5.82 Å². The second-order valence-electron chi connectivity index (χ2n) is 5.23. The van der Waals surface area contributed by atoms with Gasteiger partial charge in [0.15, 0.2) is 0 Å². The van der Waals surface area contributed by atoms with E-state index in [1.165, 1.54) is 6.07 Å². The van der Waals surface area contributed by atoms with Crippen molar-refractivity contribution < 1.29 is 4.39 Å². The second kappa shape index (κ2) is 6.82. The lowest BCUT2D eigenvalue weighted by molar-refractivity contribution is 0.630. The van der Waals surface area contributed by atoms with Crippen molar-refractivity contribution in [3.63, 3.8) is 0 Å². The Hall–Kier alpha value is -2.35. The summed E-state index contributed by atoms with van der Waals surface area (Å²) in [5.41, 5.74) is 3.14. The van der Waals surface area contributed by atoms with Gasteiger partial charge in [0, 0.05) is 52.3 Å². The van der Waals surface area contributed by atoms with E-state index in [1.807, 2.05) is 18.2 Å². The topological polar surface area (TPSA) is 51.6 Å². The zero-order chi connectivity index (χ0) is 16.2. The summed E-state index contributed by atoms with van der Waals surface area (Å²) in [6.07, 6.45) is 0.432. The average molecular weight is 328 g/mol. The van der Waals surface area contributed by atoms with Gasteiger partial charge in [-0.1, -0.05) is 29.8 Å². The molecule has 0 spiro atoms. The lowest BCUT2D eigenvalue weighted by Crippen LogP contribution is -2.15. The summed E-state index contributed by atoms with van der Waals surface area (Å²) in [5.74, 6) is -0.272. The van der Waals surface area contributed by atoms with Gasteiger partial charge < -0.3 is 10.3 Å². The minimum atomic E-state index is -0.272. The molecular weight excluding hydrogens is 313 g/mol. The van der Waals surface area contributed by atoms with Gasteiger partial charge in [-0.2, -0.15) is 5.26 Å². The Balaban J connectivity index is 2.10. The molecule has 3 rings (SSSR count). The number of H-pyrrole nitrogens is 1. The lowest BCUT2D eigenvalue weighted by Gasteiger charge is -2.07. The van der Waals surface area contributed by atoms with Crippen LogP contribution >= 0.6 is 11.6 Å². The summed E-state index contributed by atoms with van der Waals surface area (Å²) >= 11 is 6.11. The minimum absolute atomic E-state index is 0.272. The number of nitrogens with one attached hydrogen (secondary N) is 2. The molecular formula is C18H15ClFN3. The maximum Gasteiger partial charge on any atom is 0.131 e. The second-order valence-corrected chi connectivity index (χ2v) is 5.67. The predicted octanol–water partition coefficient (Wildman–Crippen LogP) is 4.63. The fraction of sp³-hybridized carbons (Fsp3) is 0.167. The van der Waals surface area contributed by atoms with Crippen molar-refractivity contribution >= 4 is 22.5 Å². The van der Waals surface area contributed by atoms with E-state index in [2.05, 4.69) is 16.4 Å². The molecule has 2 N–H and O–H groups in total. The van der Waals surface area contributed by atoms with Gasteiger partial charge in [0.2, 0.25) is 0 Å². The Morgan fingerprint density at radius 1 is 1.22 bits per heavy atom. The number of aromatic amines is 1. The van der Waals surface area contributed by atoms with Gasteiger partial charge in [-0.3, -0.25) is 0 Å². The molecule has 0 atom stereocenters. The molecule has 1 aromatic heterocycles. The van der Waals surface area contributed by atoms with Gasteiger partial charge in [0.1, 0.15) is 5.82 Å². The highest BCUT2D eigenvalue weighted by Crippen LogP contribution is 2.35. The Bertz CT molecular complexity index is 880. The summed E-state index contributed by atoms with van der Waals surface area (Å²) in [6, 6.07) is 14.3. The smallest absolute Gasteiger partial charge is 0.131 e. The van der Waals surface area contributed by atoms with Gasteiger partial charge in [0.05, 0.1) is 6.07 Å². The largest absolute Gasteiger partial charge is 0.357 e. The van der Waals surface area contributed by atoms with Crippen LogP contribution < -0.4 is 5.32 Å². The van der Waals surface area contributed by atoms with Gasteiger partial charge in [-0.05, 0) is 24.3 Å². The first-order chi connectivity index (χ1) is 11.2. The van der Waals surface area contributed by atoms with Crippen LogP contribution in [0.5, 0.6) is 0 Å². The van der Waals surface area contributed by atoms with Crippen molar-refractivity contribution in [3.05, 3.63) is 59.0 Å². The number of hydrogen-bond donors (Lipinski definition) is 2. The number of hydrogen-bond acceptors (Lipinski definition) is 2. The van der Waals surface area contributed by atoms with Crippen LogP contribution in [0.4, 0.5) is 4.39 Å². The fourth-order valence-corrected chi connectivity index (χ4v) is 2.85. The van der Waals surface area contributed by atoms with E-state index in [0.29, 0.717) is 30.1 Å². The quantitative estimate of drug-likeness (QED) is 0.671. The summed E-state index contributed by atoms with van der Waals surface area (Å²) in [5, 5.41) is 13.3. The van der Waals surface area contributed by atoms with E-state index in [9.17, 15) is 4.39 Å². The molecule has 0 saturated carbocycles. The zero-order valence-corrected chi connectivity index (χ0v) is 13.1. The van der Waals surface area contributed by atoms with Crippen molar-refractivity contribution in [2.24, 2.45) is 0 Å². The third-order valence-electron chi connectivity index (χ3n) is 3.70. The number of nitrogens with zero attached hydrogens (tertiary/aromatic N) is 1. The van der Waals surface area contributed by atoms with Crippen LogP contribution in [0, 0.1) is 17.1 Å². The monoisotopic (exact) mass is 327 g/mol. The third kappa shape index (κ3) is 3.21. The van der Waals surface area contributed by atoms with Crippen molar-refractivity contribution in [3.8, 4) is 17.2 Å². The van der Waals surface area contributed by atoms with Crippen molar-refractivity contribution in [1.29, 1.82) is 5.26 Å². The number of fused-ring (bicyclic) bond motifs is 1. The SMILES string of the molecule is N#CCCNCc1[nH]c2ccc(Cl)cc2c1-c1ccccc1F. The molecule has 5 heteroatoms. The van der Waals surface area contributed by atoms with Crippen LogP contribution in [0.3, 0.4) is 0 Å². The van der Waals surface area contributed by atoms with Crippen LogP contribution in [0.15, 0.2) is 42.5 Å². The van der Waals surface area contributed by atoms with Crippen LogP contribution in [-0.4, -0.2) is 11.5 Å². The molecule has 0 saturated heterocycles. The van der Waals surface area contributed by atoms with Gasteiger partial charge in [-0.25, -0.2) is 4.39 Å². The number of aromatic nitrogens is 1. The molecule has 3 aromatic rings. The highest BCUT2D eigenvalue weighted by molar-refractivity contribution is 6.31. The Kier molecular flexibility index (Phi) is 4.61. The van der Waals surface area contributed by atoms with Crippen LogP contribution in [-0.2, 0) is 6.54 Å². The highest BCUT2D eigenvalue weighted by atomic mass is 35.5. The standard InChI is InChI=1S/C18H15ClFN3/c19-12-6-7-16-14(10-12)18(13-4-1-2-5-15(13)20)17(23-16)11-22-9-3-8-21/h1-2,4-7,10,22-23H,3,9,11H2. The van der Waals surface area contributed by atoms with E-state index >= 15 is 0 Å². The molecule has 0 bridgehead atoms. The first-order valence-corrected chi connectivity index (χ1v) is 7.71. The minimum Gasteiger partial charge on any atom is -0.357 e. The molecule has 0 aliphatic carbocycles. The number of nitriles is 1. The maximum atomic E-state index is 14.3. The molecule has 0 aliphatic heterocycles. The molecule has 0 amide bonds. The summed E-state index contributed by atoms with van der Waals surface area (Å²) in [4.78, 5) is 3.32. The molecule has 0 fully saturated rings. The average Bonchev–Trinajstić information content (AvgIpc) is 2.89. The molecule has 0 unspecified atom stereocenters. The van der Waals surface area contributed by atoms with Gasteiger partial charge >= 0.3 is 0 Å². The summed E-state index contributed by atoms with van der Waals surface area (Å²) in [7, 11) is 0. The third-order valence-corrected chi connectivity index (χ3v) is 3.93. The molecule has 3 nitrogen and oxygen atoms in total. The Morgan fingerprint density at radius 3 is 2.83 bits per heavy atom. The van der Waals surface area contributed by atoms with E-state index in [4.69, 9.17) is 16.9 Å². The fourth-order valence-electron chi connectivity index (χ4n) is 2.68.